The Balaban J connectivity index is 1.28. The van der Waals surface area contributed by atoms with E-state index in [9.17, 15) is 0 Å². The Morgan fingerprint density at radius 3 is 1.25 bits per heavy atom. The molecule has 0 saturated heterocycles. The van der Waals surface area contributed by atoms with Gasteiger partial charge in [-0.1, -0.05) is 171 Å². The van der Waals surface area contributed by atoms with E-state index >= 15 is 0 Å². The average molecular weight is 712 g/mol. The lowest BCUT2D eigenvalue weighted by Gasteiger charge is -2.34. The lowest BCUT2D eigenvalue weighted by atomic mass is 9.70. The van der Waals surface area contributed by atoms with Gasteiger partial charge in [0.2, 0.25) is 0 Å². The van der Waals surface area contributed by atoms with Crippen LogP contribution in [0, 0.1) is 0 Å². The predicted octanol–water partition coefficient (Wildman–Crippen LogP) is 14.4. The largest absolute Gasteiger partial charge is 0.310 e. The lowest BCUT2D eigenvalue weighted by Crippen LogP contribution is -2.26. The van der Waals surface area contributed by atoms with Gasteiger partial charge in [0.05, 0.1) is 5.41 Å². The summed E-state index contributed by atoms with van der Waals surface area (Å²) in [4.78, 5) is 2.54. The summed E-state index contributed by atoms with van der Waals surface area (Å²) in [7, 11) is 0. The molecule has 55 heavy (non-hydrogen) atoms. The van der Waals surface area contributed by atoms with Gasteiger partial charge in [-0.2, -0.15) is 0 Å². The molecule has 0 amide bonds. The van der Waals surface area contributed by atoms with Gasteiger partial charge in [-0.3, -0.25) is 0 Å². The fourth-order valence-corrected chi connectivity index (χ4v) is 10.1. The Morgan fingerprint density at radius 1 is 0.345 bits per heavy atom. The molecule has 3 aliphatic rings. The standard InChI is InChI=1S/C54H49N/c1-51(2,3)34-29-35(52(4,5)6)31-38(30-34)55(36-26-28-46-44(32-36)42-20-9-13-21-45(42)53(46,7)8)37-25-27-43-41-19-12-16-24-49(41)54(50(43)33-37)47-22-14-10-17-39(47)40-18-11-15-23-48(40)54/h9-33H,1-8H3. The SMILES string of the molecule is CC(C)(C)c1cc(N(c2ccc3c(c2)-c2ccccc2C3(C)C)c2ccc3c(c2)C2(c4ccccc4-c4ccccc42)c2ccccc2-3)cc(C(C)(C)C)c1. The summed E-state index contributed by atoms with van der Waals surface area (Å²) < 4.78 is 0. The predicted molar refractivity (Wildman–Crippen MR) is 232 cm³/mol. The fourth-order valence-electron chi connectivity index (χ4n) is 10.1. The van der Waals surface area contributed by atoms with Crippen molar-refractivity contribution in [2.24, 2.45) is 0 Å². The maximum atomic E-state index is 2.54. The molecule has 0 heterocycles. The average Bonchev–Trinajstić information content (AvgIpc) is 3.73. The van der Waals surface area contributed by atoms with Crippen molar-refractivity contribution < 1.29 is 0 Å². The number of nitrogens with zero attached hydrogens (tertiary/aromatic N) is 1. The minimum atomic E-state index is -0.411. The first-order chi connectivity index (χ1) is 26.3. The molecule has 0 saturated carbocycles. The Kier molecular flexibility index (Phi) is 7.04. The number of fused-ring (bicyclic) bond motifs is 13. The molecule has 0 bridgehead atoms. The minimum absolute atomic E-state index is 0.0243. The first-order valence-electron chi connectivity index (χ1n) is 19.9. The van der Waals surface area contributed by atoms with E-state index in [1.807, 2.05) is 0 Å². The second kappa shape index (κ2) is 11.4. The van der Waals surface area contributed by atoms with Crippen molar-refractivity contribution >= 4 is 17.1 Å². The highest BCUT2D eigenvalue weighted by Gasteiger charge is 2.51. The fraction of sp³-hybridized carbons (Fsp3) is 0.222. The molecule has 1 heteroatoms. The molecule has 1 nitrogen and oxygen atoms in total. The monoisotopic (exact) mass is 711 g/mol. The topological polar surface area (TPSA) is 3.24 Å². The van der Waals surface area contributed by atoms with Crippen LogP contribution in [0.5, 0.6) is 0 Å². The maximum Gasteiger partial charge on any atom is 0.0726 e. The minimum Gasteiger partial charge on any atom is -0.310 e. The molecular formula is C54H49N. The van der Waals surface area contributed by atoms with Crippen molar-refractivity contribution in [3.8, 4) is 33.4 Å². The second-order valence-corrected chi connectivity index (χ2v) is 18.6. The van der Waals surface area contributed by atoms with Gasteiger partial charge >= 0.3 is 0 Å². The van der Waals surface area contributed by atoms with Crippen LogP contribution in [0.2, 0.25) is 0 Å². The van der Waals surface area contributed by atoms with E-state index < -0.39 is 5.41 Å². The lowest BCUT2D eigenvalue weighted by molar-refractivity contribution is 0.569. The van der Waals surface area contributed by atoms with Gasteiger partial charge in [-0.05, 0) is 125 Å². The third-order valence-corrected chi connectivity index (χ3v) is 13.0. The van der Waals surface area contributed by atoms with E-state index in [0.29, 0.717) is 0 Å². The third-order valence-electron chi connectivity index (χ3n) is 13.0. The first kappa shape index (κ1) is 33.9. The van der Waals surface area contributed by atoms with Crippen LogP contribution < -0.4 is 4.90 Å². The van der Waals surface area contributed by atoms with Gasteiger partial charge < -0.3 is 4.90 Å². The molecule has 0 fully saturated rings. The first-order valence-corrected chi connectivity index (χ1v) is 19.9. The third kappa shape index (κ3) is 4.72. The van der Waals surface area contributed by atoms with E-state index in [-0.39, 0.29) is 16.2 Å². The molecule has 0 radical (unpaired) electrons. The summed E-state index contributed by atoms with van der Waals surface area (Å²) in [6.07, 6.45) is 0. The molecule has 3 aliphatic carbocycles. The summed E-state index contributed by atoms with van der Waals surface area (Å²) in [6.45, 7) is 18.8. The van der Waals surface area contributed by atoms with Gasteiger partial charge in [0.25, 0.3) is 0 Å². The highest BCUT2D eigenvalue weighted by atomic mass is 15.1. The maximum absolute atomic E-state index is 2.54. The van der Waals surface area contributed by atoms with E-state index in [0.717, 1.165) is 0 Å². The van der Waals surface area contributed by atoms with E-state index in [4.69, 9.17) is 0 Å². The number of hydrogen-bond acceptors (Lipinski definition) is 1. The van der Waals surface area contributed by atoms with Crippen molar-refractivity contribution in [3.63, 3.8) is 0 Å². The molecule has 0 aliphatic heterocycles. The summed E-state index contributed by atoms with van der Waals surface area (Å²) in [5.41, 5.74) is 21.9. The van der Waals surface area contributed by atoms with Crippen LogP contribution in [-0.2, 0) is 21.7 Å². The van der Waals surface area contributed by atoms with Crippen molar-refractivity contribution in [3.05, 3.63) is 196 Å². The van der Waals surface area contributed by atoms with Gasteiger partial charge in [0.1, 0.15) is 0 Å². The van der Waals surface area contributed by atoms with Gasteiger partial charge in [0, 0.05) is 22.5 Å². The van der Waals surface area contributed by atoms with Gasteiger partial charge in [-0.15, -0.1) is 0 Å². The Hall–Kier alpha value is -5.66. The molecule has 270 valence electrons. The van der Waals surface area contributed by atoms with E-state index in [1.54, 1.807) is 0 Å². The summed E-state index contributed by atoms with van der Waals surface area (Å²) in [6, 6.07) is 58.1. The van der Waals surface area contributed by atoms with Crippen molar-refractivity contribution in [1.82, 2.24) is 0 Å². The van der Waals surface area contributed by atoms with Crippen molar-refractivity contribution in [2.45, 2.75) is 77.0 Å². The van der Waals surface area contributed by atoms with Crippen LogP contribution in [0.1, 0.15) is 99.9 Å². The zero-order chi connectivity index (χ0) is 38.1. The van der Waals surface area contributed by atoms with E-state index in [1.165, 1.54) is 95.0 Å². The number of hydrogen-bond donors (Lipinski definition) is 0. The highest BCUT2D eigenvalue weighted by Crippen LogP contribution is 2.63. The normalized spacial score (nSPS) is 15.2. The molecular weight excluding hydrogens is 663 g/mol. The Morgan fingerprint density at radius 2 is 0.745 bits per heavy atom. The van der Waals surface area contributed by atoms with Crippen LogP contribution in [0.3, 0.4) is 0 Å². The van der Waals surface area contributed by atoms with Crippen LogP contribution in [-0.4, -0.2) is 0 Å². The highest BCUT2D eigenvalue weighted by molar-refractivity contribution is 5.96. The van der Waals surface area contributed by atoms with Crippen molar-refractivity contribution in [2.75, 3.05) is 4.90 Å². The smallest absolute Gasteiger partial charge is 0.0726 e. The van der Waals surface area contributed by atoms with Crippen LogP contribution in [0.4, 0.5) is 17.1 Å². The molecule has 0 aromatic heterocycles. The van der Waals surface area contributed by atoms with Crippen LogP contribution in [0.15, 0.2) is 152 Å². The Labute approximate surface area is 327 Å². The van der Waals surface area contributed by atoms with Crippen LogP contribution >= 0.6 is 0 Å². The molecule has 0 N–H and O–H groups in total. The van der Waals surface area contributed by atoms with Gasteiger partial charge in [0.15, 0.2) is 0 Å². The van der Waals surface area contributed by atoms with Gasteiger partial charge in [-0.25, -0.2) is 0 Å². The van der Waals surface area contributed by atoms with Crippen molar-refractivity contribution in [1.29, 1.82) is 0 Å². The second-order valence-electron chi connectivity index (χ2n) is 18.6. The molecule has 0 atom stereocenters. The quantitative estimate of drug-likeness (QED) is 0.176. The zero-order valence-corrected chi connectivity index (χ0v) is 33.4. The molecule has 0 unspecified atom stereocenters. The Bertz CT molecular complexity index is 2610. The molecule has 7 aromatic rings. The number of rotatable bonds is 3. The zero-order valence-electron chi connectivity index (χ0n) is 33.4. The molecule has 1 spiro atoms. The van der Waals surface area contributed by atoms with Crippen LogP contribution in [0.25, 0.3) is 33.4 Å². The summed E-state index contributed by atoms with van der Waals surface area (Å²) in [5.74, 6) is 0. The molecule has 10 rings (SSSR count). The molecule has 7 aromatic carbocycles. The summed E-state index contributed by atoms with van der Waals surface area (Å²) >= 11 is 0. The number of anilines is 3. The van der Waals surface area contributed by atoms with E-state index in [2.05, 4.69) is 212 Å². The summed E-state index contributed by atoms with van der Waals surface area (Å²) in [5, 5.41) is 0. The number of benzene rings is 7.